The number of anilines is 1. The Labute approximate surface area is 194 Å². The van der Waals surface area contributed by atoms with E-state index in [-0.39, 0.29) is 23.8 Å². The van der Waals surface area contributed by atoms with Crippen LogP contribution in [0.4, 0.5) is 5.69 Å². The van der Waals surface area contributed by atoms with Gasteiger partial charge in [0.1, 0.15) is 10.5 Å². The zero-order chi connectivity index (χ0) is 22.2. The van der Waals surface area contributed by atoms with Gasteiger partial charge in [-0.3, -0.25) is 18.6 Å². The molecule has 1 N–H and O–H groups in total. The lowest BCUT2D eigenvalue weighted by Gasteiger charge is -2.08. The highest BCUT2D eigenvalue weighted by molar-refractivity contribution is 7.99. The van der Waals surface area contributed by atoms with Crippen LogP contribution in [0.2, 0.25) is 5.02 Å². The number of carbonyl (C=O) groups excluding carboxylic acids is 1. The van der Waals surface area contributed by atoms with Crippen LogP contribution in [0.1, 0.15) is 11.3 Å². The molecule has 5 rings (SSSR count). The van der Waals surface area contributed by atoms with Crippen molar-refractivity contribution in [2.45, 2.75) is 18.6 Å². The van der Waals surface area contributed by atoms with E-state index in [1.807, 2.05) is 24.4 Å². The third-order valence-electron chi connectivity index (χ3n) is 4.86. The van der Waals surface area contributed by atoms with Gasteiger partial charge in [-0.25, -0.2) is 0 Å². The highest BCUT2D eigenvalue weighted by atomic mass is 35.5. The first-order valence-corrected chi connectivity index (χ1v) is 11.8. The van der Waals surface area contributed by atoms with Crippen LogP contribution in [0, 0.1) is 6.92 Å². The van der Waals surface area contributed by atoms with Gasteiger partial charge in [0.15, 0.2) is 5.16 Å². The number of hydrogen-bond acceptors (Lipinski definition) is 7. The lowest BCUT2D eigenvalue weighted by Crippen LogP contribution is -2.23. The van der Waals surface area contributed by atoms with Gasteiger partial charge in [-0.05, 0) is 48.2 Å². The molecule has 0 saturated carbocycles. The summed E-state index contributed by atoms with van der Waals surface area (Å²) in [6, 6.07) is 10.8. The van der Waals surface area contributed by atoms with Crippen molar-refractivity contribution in [3.05, 3.63) is 74.7 Å². The number of furan rings is 1. The predicted octanol–water partition coefficient (Wildman–Crippen LogP) is 4.44. The van der Waals surface area contributed by atoms with Crippen LogP contribution in [-0.2, 0) is 11.3 Å². The molecular weight excluding hydrogens is 470 g/mol. The Bertz CT molecular complexity index is 1500. The monoisotopic (exact) mass is 485 g/mol. The van der Waals surface area contributed by atoms with Gasteiger partial charge < -0.3 is 9.73 Å². The Hall–Kier alpha value is -3.08. The van der Waals surface area contributed by atoms with Crippen molar-refractivity contribution in [2.75, 3.05) is 11.1 Å². The van der Waals surface area contributed by atoms with E-state index in [9.17, 15) is 9.59 Å². The van der Waals surface area contributed by atoms with Gasteiger partial charge in [-0.2, -0.15) is 0 Å². The van der Waals surface area contributed by atoms with Gasteiger partial charge in [0.2, 0.25) is 11.7 Å². The number of nitrogens with one attached hydrogen (secondary N) is 1. The van der Waals surface area contributed by atoms with E-state index in [1.54, 1.807) is 34.9 Å². The molecular formula is C21H16ClN5O3S2. The first kappa shape index (κ1) is 20.8. The largest absolute Gasteiger partial charge is 0.467 e. The van der Waals surface area contributed by atoms with E-state index in [0.717, 1.165) is 5.56 Å². The molecule has 0 bridgehead atoms. The molecule has 1 amide bonds. The van der Waals surface area contributed by atoms with E-state index in [2.05, 4.69) is 15.5 Å². The molecule has 0 aliphatic rings. The van der Waals surface area contributed by atoms with Crippen molar-refractivity contribution in [1.82, 2.24) is 19.2 Å². The second-order valence-corrected chi connectivity index (χ2v) is 9.29. The Balaban J connectivity index is 1.44. The maximum atomic E-state index is 13.0. The number of amides is 1. The Kier molecular flexibility index (Phi) is 5.50. The number of carbonyl (C=O) groups is 1. The molecule has 0 aliphatic heterocycles. The van der Waals surface area contributed by atoms with E-state index < -0.39 is 0 Å². The molecule has 32 heavy (non-hydrogen) atoms. The minimum absolute atomic E-state index is 0.120. The van der Waals surface area contributed by atoms with E-state index in [4.69, 9.17) is 16.0 Å². The summed E-state index contributed by atoms with van der Waals surface area (Å²) >= 11 is 8.73. The van der Waals surface area contributed by atoms with Gasteiger partial charge in [0, 0.05) is 10.7 Å². The lowest BCUT2D eigenvalue weighted by atomic mass is 10.2. The summed E-state index contributed by atoms with van der Waals surface area (Å²) in [6.07, 6.45) is 1.56. The predicted molar refractivity (Wildman–Crippen MR) is 126 cm³/mol. The average Bonchev–Trinajstić information content (AvgIpc) is 3.52. The van der Waals surface area contributed by atoms with Crippen molar-refractivity contribution in [3.8, 4) is 0 Å². The van der Waals surface area contributed by atoms with Crippen LogP contribution in [0.5, 0.6) is 0 Å². The minimum atomic E-state index is -0.197. The highest BCUT2D eigenvalue weighted by Crippen LogP contribution is 2.25. The van der Waals surface area contributed by atoms with Crippen LogP contribution in [0.3, 0.4) is 0 Å². The van der Waals surface area contributed by atoms with Crippen molar-refractivity contribution >= 4 is 62.3 Å². The first-order chi connectivity index (χ1) is 15.5. The second kappa shape index (κ2) is 8.45. The number of rotatable bonds is 6. The fourth-order valence-electron chi connectivity index (χ4n) is 3.29. The first-order valence-electron chi connectivity index (χ1n) is 9.57. The third kappa shape index (κ3) is 3.81. The van der Waals surface area contributed by atoms with Crippen LogP contribution in [0.25, 0.3) is 16.0 Å². The molecule has 4 heterocycles. The number of thiophene rings is 1. The molecule has 1 aromatic carbocycles. The molecule has 0 saturated heterocycles. The minimum Gasteiger partial charge on any atom is -0.467 e. The number of benzene rings is 1. The molecule has 0 spiro atoms. The standard InChI is InChI=1S/C21H16ClN5O3S2/c1-12-4-5-13(9-15(12)22)23-17(28)11-32-21-25-24-20-26(10-14-3-2-7-30-14)19(29)18-16(27(20)21)6-8-31-18/h2-9H,10-11H2,1H3,(H,23,28). The fourth-order valence-corrected chi connectivity index (χ4v) is 5.04. The SMILES string of the molecule is Cc1ccc(NC(=O)CSc2nnc3n(Cc4ccco4)c(=O)c4sccc4n23)cc1Cl. The number of thioether (sulfide) groups is 1. The average molecular weight is 486 g/mol. The van der Waals surface area contributed by atoms with Gasteiger partial charge in [-0.1, -0.05) is 29.4 Å². The van der Waals surface area contributed by atoms with Crippen molar-refractivity contribution in [3.63, 3.8) is 0 Å². The molecule has 4 aromatic heterocycles. The molecule has 0 fully saturated rings. The highest BCUT2D eigenvalue weighted by Gasteiger charge is 2.19. The van der Waals surface area contributed by atoms with Crippen molar-refractivity contribution in [2.24, 2.45) is 0 Å². The summed E-state index contributed by atoms with van der Waals surface area (Å²) in [4.78, 5) is 25.5. The zero-order valence-corrected chi connectivity index (χ0v) is 19.1. The van der Waals surface area contributed by atoms with Gasteiger partial charge in [-0.15, -0.1) is 21.5 Å². The third-order valence-corrected chi connectivity index (χ3v) is 7.09. The van der Waals surface area contributed by atoms with Crippen molar-refractivity contribution < 1.29 is 9.21 Å². The van der Waals surface area contributed by atoms with Crippen LogP contribution in [0.15, 0.2) is 62.4 Å². The smallest absolute Gasteiger partial charge is 0.273 e. The summed E-state index contributed by atoms with van der Waals surface area (Å²) in [5.41, 5.74) is 2.12. The topological polar surface area (TPSA) is 94.4 Å². The summed E-state index contributed by atoms with van der Waals surface area (Å²) < 4.78 is 9.33. The maximum Gasteiger partial charge on any atom is 0.273 e. The lowest BCUT2D eigenvalue weighted by molar-refractivity contribution is -0.113. The molecule has 0 radical (unpaired) electrons. The fraction of sp³-hybridized carbons (Fsp3) is 0.143. The van der Waals surface area contributed by atoms with Gasteiger partial charge in [0.25, 0.3) is 5.56 Å². The normalized spacial score (nSPS) is 11.4. The summed E-state index contributed by atoms with van der Waals surface area (Å²) in [5.74, 6) is 0.954. The van der Waals surface area contributed by atoms with E-state index in [1.165, 1.54) is 27.7 Å². The Morgan fingerprint density at radius 3 is 2.94 bits per heavy atom. The second-order valence-electron chi connectivity index (χ2n) is 7.02. The molecule has 0 unspecified atom stereocenters. The van der Waals surface area contributed by atoms with Crippen LogP contribution in [-0.4, -0.2) is 30.8 Å². The summed E-state index contributed by atoms with van der Waals surface area (Å²) in [5, 5.41) is 14.3. The van der Waals surface area contributed by atoms with Crippen LogP contribution < -0.4 is 10.9 Å². The van der Waals surface area contributed by atoms with Gasteiger partial charge in [0.05, 0.1) is 24.1 Å². The zero-order valence-electron chi connectivity index (χ0n) is 16.7. The van der Waals surface area contributed by atoms with E-state index >= 15 is 0 Å². The van der Waals surface area contributed by atoms with E-state index in [0.29, 0.717) is 37.6 Å². The number of aryl methyl sites for hydroxylation is 1. The quantitative estimate of drug-likeness (QED) is 0.357. The number of halogens is 1. The number of nitrogens with zero attached hydrogens (tertiary/aromatic N) is 4. The number of fused-ring (bicyclic) bond motifs is 3. The maximum absolute atomic E-state index is 13.0. The number of hydrogen-bond donors (Lipinski definition) is 1. The summed E-state index contributed by atoms with van der Waals surface area (Å²) in [6.45, 7) is 2.14. The molecule has 0 atom stereocenters. The van der Waals surface area contributed by atoms with Crippen LogP contribution >= 0.6 is 34.7 Å². The molecule has 162 valence electrons. The van der Waals surface area contributed by atoms with Crippen molar-refractivity contribution in [1.29, 1.82) is 0 Å². The Morgan fingerprint density at radius 2 is 2.16 bits per heavy atom. The summed E-state index contributed by atoms with van der Waals surface area (Å²) in [7, 11) is 0. The molecule has 5 aromatic rings. The molecule has 8 nitrogen and oxygen atoms in total. The Morgan fingerprint density at radius 1 is 1.28 bits per heavy atom. The molecule has 11 heteroatoms. The van der Waals surface area contributed by atoms with Gasteiger partial charge >= 0.3 is 0 Å². The number of aromatic nitrogens is 4. The molecule has 0 aliphatic carbocycles.